The Morgan fingerprint density at radius 2 is 1.95 bits per heavy atom. The van der Waals surface area contributed by atoms with Crippen LogP contribution in [0.4, 0.5) is 0 Å². The van der Waals surface area contributed by atoms with Crippen molar-refractivity contribution in [3.05, 3.63) is 35.4 Å². The number of likely N-dealkylation sites (N-methyl/N-ethyl adjacent to an activating group) is 1. The van der Waals surface area contributed by atoms with Crippen LogP contribution >= 0.6 is 15.9 Å². The quantitative estimate of drug-likeness (QED) is 0.602. The Morgan fingerprint density at radius 1 is 1.30 bits per heavy atom. The van der Waals surface area contributed by atoms with Crippen molar-refractivity contribution in [2.45, 2.75) is 5.33 Å². The first-order chi connectivity index (χ1) is 9.58. The predicted octanol–water partition coefficient (Wildman–Crippen LogP) is 1.42. The minimum atomic E-state index is -0.199. The number of nitrogens with zero attached hydrogens (tertiary/aromatic N) is 1. The highest BCUT2D eigenvalue weighted by Crippen LogP contribution is 2.09. The molecular formula is C14H19BrN2O3. The van der Waals surface area contributed by atoms with Gasteiger partial charge in [-0.05, 0) is 17.7 Å². The molecule has 0 aromatic heterocycles. The average molecular weight is 343 g/mol. The smallest absolute Gasteiger partial charge is 0.254 e. The van der Waals surface area contributed by atoms with Crippen molar-refractivity contribution in [3.63, 3.8) is 0 Å². The number of carbonyl (C=O) groups excluding carboxylic acids is 2. The maximum absolute atomic E-state index is 12.1. The van der Waals surface area contributed by atoms with Crippen molar-refractivity contribution in [2.75, 3.05) is 33.9 Å². The standard InChI is InChI=1S/C14H19BrN2O3/c1-17(10-13(18)16-7-8-20-2)14(19)12-5-3-11(9-15)4-6-12/h3-6H,7-10H2,1-2H3,(H,16,18). The zero-order valence-electron chi connectivity index (χ0n) is 11.7. The topological polar surface area (TPSA) is 58.6 Å². The lowest BCUT2D eigenvalue weighted by molar-refractivity contribution is -0.121. The number of benzene rings is 1. The summed E-state index contributed by atoms with van der Waals surface area (Å²) in [6.45, 7) is 0.928. The molecule has 0 spiro atoms. The van der Waals surface area contributed by atoms with Gasteiger partial charge >= 0.3 is 0 Å². The number of nitrogens with one attached hydrogen (secondary N) is 1. The largest absolute Gasteiger partial charge is 0.383 e. The summed E-state index contributed by atoms with van der Waals surface area (Å²) in [6, 6.07) is 7.29. The van der Waals surface area contributed by atoms with Crippen molar-refractivity contribution < 1.29 is 14.3 Å². The molecule has 0 fully saturated rings. The molecule has 2 amide bonds. The van der Waals surface area contributed by atoms with Crippen LogP contribution < -0.4 is 5.32 Å². The third-order valence-electron chi connectivity index (χ3n) is 2.71. The second-order valence-corrected chi connectivity index (χ2v) is 4.90. The Labute approximate surface area is 127 Å². The molecule has 1 aromatic carbocycles. The summed E-state index contributed by atoms with van der Waals surface area (Å²) >= 11 is 3.35. The van der Waals surface area contributed by atoms with E-state index in [1.807, 2.05) is 12.1 Å². The van der Waals surface area contributed by atoms with Gasteiger partial charge in [-0.25, -0.2) is 0 Å². The van der Waals surface area contributed by atoms with Crippen LogP contribution in [0.2, 0.25) is 0 Å². The number of rotatable bonds is 7. The number of amides is 2. The van der Waals surface area contributed by atoms with Crippen LogP contribution in [0, 0.1) is 0 Å². The fourth-order valence-electron chi connectivity index (χ4n) is 1.59. The maximum atomic E-state index is 12.1. The minimum Gasteiger partial charge on any atom is -0.383 e. The first kappa shape index (κ1) is 16.7. The third-order valence-corrected chi connectivity index (χ3v) is 3.36. The first-order valence-electron chi connectivity index (χ1n) is 6.24. The number of carbonyl (C=O) groups is 2. The van der Waals surface area contributed by atoms with Crippen LogP contribution in [0.5, 0.6) is 0 Å². The molecule has 0 aliphatic rings. The van der Waals surface area contributed by atoms with Gasteiger partial charge in [-0.15, -0.1) is 0 Å². The average Bonchev–Trinajstić information content (AvgIpc) is 2.46. The first-order valence-corrected chi connectivity index (χ1v) is 7.36. The molecule has 110 valence electrons. The van der Waals surface area contributed by atoms with E-state index in [-0.39, 0.29) is 18.4 Å². The number of ether oxygens (including phenoxy) is 1. The molecule has 0 saturated carbocycles. The number of hydrogen-bond donors (Lipinski definition) is 1. The molecule has 0 aliphatic carbocycles. The molecule has 0 bridgehead atoms. The summed E-state index contributed by atoms with van der Waals surface area (Å²) in [4.78, 5) is 25.1. The zero-order chi connectivity index (χ0) is 15.0. The lowest BCUT2D eigenvalue weighted by Gasteiger charge is -2.17. The monoisotopic (exact) mass is 342 g/mol. The van der Waals surface area contributed by atoms with Crippen molar-refractivity contribution in [2.24, 2.45) is 0 Å². The van der Waals surface area contributed by atoms with Crippen LogP contribution in [-0.2, 0) is 14.9 Å². The highest BCUT2D eigenvalue weighted by molar-refractivity contribution is 9.08. The van der Waals surface area contributed by atoms with Gasteiger partial charge < -0.3 is 15.0 Å². The molecule has 6 heteroatoms. The lowest BCUT2D eigenvalue weighted by Crippen LogP contribution is -2.39. The molecular weight excluding hydrogens is 324 g/mol. The van der Waals surface area contributed by atoms with E-state index in [0.717, 1.165) is 10.9 Å². The van der Waals surface area contributed by atoms with Gasteiger partial charge in [-0.3, -0.25) is 9.59 Å². The third kappa shape index (κ3) is 5.30. The van der Waals surface area contributed by atoms with Crippen molar-refractivity contribution in [3.8, 4) is 0 Å². The summed E-state index contributed by atoms with van der Waals surface area (Å²) in [7, 11) is 3.18. The van der Waals surface area contributed by atoms with E-state index in [1.165, 1.54) is 4.90 Å². The van der Waals surface area contributed by atoms with E-state index in [2.05, 4.69) is 21.2 Å². The molecule has 0 unspecified atom stereocenters. The molecule has 1 rings (SSSR count). The fraction of sp³-hybridized carbons (Fsp3) is 0.429. The second-order valence-electron chi connectivity index (χ2n) is 4.33. The van der Waals surface area contributed by atoms with Crippen molar-refractivity contribution >= 4 is 27.7 Å². The van der Waals surface area contributed by atoms with E-state index in [0.29, 0.717) is 18.7 Å². The van der Waals surface area contributed by atoms with Gasteiger partial charge in [0.2, 0.25) is 5.91 Å². The summed E-state index contributed by atoms with van der Waals surface area (Å²) in [6.07, 6.45) is 0. The van der Waals surface area contributed by atoms with Crippen LogP contribution in [0.15, 0.2) is 24.3 Å². The van der Waals surface area contributed by atoms with Gasteiger partial charge in [0, 0.05) is 31.6 Å². The van der Waals surface area contributed by atoms with Gasteiger partial charge in [-0.1, -0.05) is 28.1 Å². The van der Waals surface area contributed by atoms with E-state index >= 15 is 0 Å². The Morgan fingerprint density at radius 3 is 2.50 bits per heavy atom. The molecule has 5 nitrogen and oxygen atoms in total. The Balaban J connectivity index is 2.51. The van der Waals surface area contributed by atoms with Crippen LogP contribution in [0.1, 0.15) is 15.9 Å². The zero-order valence-corrected chi connectivity index (χ0v) is 13.3. The van der Waals surface area contributed by atoms with Crippen LogP contribution in [0.25, 0.3) is 0 Å². The summed E-state index contributed by atoms with van der Waals surface area (Å²) < 4.78 is 4.84. The van der Waals surface area contributed by atoms with Gasteiger partial charge in [0.05, 0.1) is 13.2 Å². The molecule has 0 aliphatic heterocycles. The lowest BCUT2D eigenvalue weighted by atomic mass is 10.1. The Kier molecular flexibility index (Phi) is 7.25. The fourth-order valence-corrected chi connectivity index (χ4v) is 1.97. The molecule has 0 atom stereocenters. The molecule has 20 heavy (non-hydrogen) atoms. The van der Waals surface area contributed by atoms with Crippen molar-refractivity contribution in [1.29, 1.82) is 0 Å². The van der Waals surface area contributed by atoms with Crippen LogP contribution in [-0.4, -0.2) is 50.6 Å². The normalized spacial score (nSPS) is 10.2. The van der Waals surface area contributed by atoms with Crippen molar-refractivity contribution in [1.82, 2.24) is 10.2 Å². The van der Waals surface area contributed by atoms with Gasteiger partial charge in [0.25, 0.3) is 5.91 Å². The number of halogens is 1. The van der Waals surface area contributed by atoms with Crippen LogP contribution in [0.3, 0.4) is 0 Å². The second kappa shape index (κ2) is 8.71. The highest BCUT2D eigenvalue weighted by Gasteiger charge is 2.14. The number of hydrogen-bond acceptors (Lipinski definition) is 3. The van der Waals surface area contributed by atoms with E-state index in [4.69, 9.17) is 4.74 Å². The maximum Gasteiger partial charge on any atom is 0.254 e. The summed E-state index contributed by atoms with van der Waals surface area (Å²) in [5, 5.41) is 3.42. The molecule has 1 N–H and O–H groups in total. The molecule has 1 aromatic rings. The molecule has 0 saturated heterocycles. The van der Waals surface area contributed by atoms with Gasteiger partial charge in [0.1, 0.15) is 0 Å². The SMILES string of the molecule is COCCNC(=O)CN(C)C(=O)c1ccc(CBr)cc1. The van der Waals surface area contributed by atoms with E-state index < -0.39 is 0 Å². The number of alkyl halides is 1. The van der Waals surface area contributed by atoms with Gasteiger partial charge in [-0.2, -0.15) is 0 Å². The minimum absolute atomic E-state index is 0.0305. The Bertz CT molecular complexity index is 448. The Hall–Kier alpha value is -1.40. The van der Waals surface area contributed by atoms with Gasteiger partial charge in [0.15, 0.2) is 0 Å². The summed E-state index contributed by atoms with van der Waals surface area (Å²) in [5.41, 5.74) is 1.67. The van der Waals surface area contributed by atoms with E-state index in [9.17, 15) is 9.59 Å². The molecule has 0 radical (unpaired) electrons. The predicted molar refractivity (Wildman–Crippen MR) is 80.9 cm³/mol. The molecule has 0 heterocycles. The number of methoxy groups -OCH3 is 1. The highest BCUT2D eigenvalue weighted by atomic mass is 79.9. The van der Waals surface area contributed by atoms with E-state index in [1.54, 1.807) is 26.3 Å². The summed E-state index contributed by atoms with van der Waals surface area (Å²) in [5.74, 6) is -0.372.